The molecule has 0 aliphatic carbocycles. The molecule has 3 aromatic carbocycles. The fourth-order valence-electron chi connectivity index (χ4n) is 5.52. The summed E-state index contributed by atoms with van der Waals surface area (Å²) in [6.07, 6.45) is -0.869. The normalized spacial score (nSPS) is 13.0. The van der Waals surface area contributed by atoms with Crippen molar-refractivity contribution in [3.8, 4) is 16.9 Å². The van der Waals surface area contributed by atoms with Gasteiger partial charge in [0.05, 0.1) is 29.7 Å². The first-order valence-electron chi connectivity index (χ1n) is 12.6. The Labute approximate surface area is 221 Å². The Bertz CT molecular complexity index is 1810. The predicted octanol–water partition coefficient (Wildman–Crippen LogP) is 6.27. The van der Waals surface area contributed by atoms with Crippen LogP contribution in [0.25, 0.3) is 32.9 Å². The van der Waals surface area contributed by atoms with Gasteiger partial charge in [-0.1, -0.05) is 12.1 Å². The molecule has 0 fully saturated rings. The average molecular weight is 529 g/mol. The molecule has 3 heterocycles. The van der Waals surface area contributed by atoms with Gasteiger partial charge in [0.1, 0.15) is 12.0 Å². The number of carbonyl (C=O) groups excluding carboxylic acids is 1. The van der Waals surface area contributed by atoms with Gasteiger partial charge in [-0.15, -0.1) is 0 Å². The van der Waals surface area contributed by atoms with Crippen LogP contribution in [0.2, 0.25) is 0 Å². The van der Waals surface area contributed by atoms with Crippen molar-refractivity contribution in [2.45, 2.75) is 32.5 Å². The van der Waals surface area contributed by atoms with E-state index in [4.69, 9.17) is 9.72 Å². The second-order valence-corrected chi connectivity index (χ2v) is 9.71. The van der Waals surface area contributed by atoms with Crippen molar-refractivity contribution >= 4 is 28.1 Å². The molecule has 0 atom stereocenters. The highest BCUT2D eigenvalue weighted by atomic mass is 19.4. The summed E-state index contributed by atoms with van der Waals surface area (Å²) in [6.45, 7) is 2.57. The number of aryl methyl sites for hydroxylation is 1. The Hall–Kier alpha value is -4.46. The minimum atomic E-state index is -4.44. The zero-order valence-corrected chi connectivity index (χ0v) is 21.0. The zero-order valence-electron chi connectivity index (χ0n) is 21.0. The van der Waals surface area contributed by atoms with Gasteiger partial charge in [0.15, 0.2) is 0 Å². The highest BCUT2D eigenvalue weighted by Crippen LogP contribution is 2.42. The highest BCUT2D eigenvalue weighted by Gasteiger charge is 2.30. The minimum Gasteiger partial charge on any atom is -0.493 e. The lowest BCUT2D eigenvalue weighted by Crippen LogP contribution is -2.20. The van der Waals surface area contributed by atoms with Gasteiger partial charge in [-0.2, -0.15) is 13.2 Å². The molecule has 0 N–H and O–H groups in total. The predicted molar refractivity (Wildman–Crippen MR) is 143 cm³/mol. The quantitative estimate of drug-likeness (QED) is 0.252. The van der Waals surface area contributed by atoms with E-state index in [0.29, 0.717) is 17.7 Å². The summed E-state index contributed by atoms with van der Waals surface area (Å²) >= 11 is 0. The molecule has 2 aromatic heterocycles. The Morgan fingerprint density at radius 2 is 1.85 bits per heavy atom. The van der Waals surface area contributed by atoms with Crippen LogP contribution in [0.1, 0.15) is 27.8 Å². The van der Waals surface area contributed by atoms with Crippen LogP contribution >= 0.6 is 0 Å². The number of aldehydes is 1. The molecule has 0 unspecified atom stereocenters. The molecule has 8 heteroatoms. The van der Waals surface area contributed by atoms with Crippen LogP contribution < -0.4 is 10.3 Å². The maximum Gasteiger partial charge on any atom is 0.416 e. The maximum atomic E-state index is 13.1. The van der Waals surface area contributed by atoms with Crippen molar-refractivity contribution in [2.75, 3.05) is 6.61 Å². The minimum absolute atomic E-state index is 0.0934. The molecular weight excluding hydrogens is 505 g/mol. The lowest BCUT2D eigenvalue weighted by Gasteiger charge is -2.22. The molecule has 0 radical (unpaired) electrons. The van der Waals surface area contributed by atoms with Crippen LogP contribution in [-0.4, -0.2) is 22.4 Å². The third-order valence-electron chi connectivity index (χ3n) is 7.37. The Balaban J connectivity index is 1.60. The van der Waals surface area contributed by atoms with Gasteiger partial charge in [0.25, 0.3) is 5.56 Å². The van der Waals surface area contributed by atoms with E-state index in [9.17, 15) is 22.8 Å². The van der Waals surface area contributed by atoms with Gasteiger partial charge in [0.2, 0.25) is 0 Å². The number of fused-ring (bicyclic) bond motifs is 1. The van der Waals surface area contributed by atoms with E-state index in [2.05, 4.69) is 0 Å². The number of halogens is 3. The number of hydrogen-bond acceptors (Lipinski definition) is 4. The molecule has 39 heavy (non-hydrogen) atoms. The SMILES string of the molecule is Cc1cc2c(ccc(=O)n2Cc2ccc(C(F)(F)F)cc2)c(-c2ccc3c4c(ccnc24)CCO3)c1CC=O. The van der Waals surface area contributed by atoms with Gasteiger partial charge < -0.3 is 14.1 Å². The van der Waals surface area contributed by atoms with Crippen LogP contribution in [-0.2, 0) is 30.4 Å². The topological polar surface area (TPSA) is 61.2 Å². The standard InChI is InChI=1S/C31H23F3N2O3/c1-18-16-25-23(7-9-27(38)36(25)17-19-2-4-21(5-3-19)31(32,33)34)29(22(18)11-14-37)24-6-8-26-28-20(12-15-39-26)10-13-35-30(24)28/h2-10,13-14,16H,11-12,15,17H2,1H3. The molecule has 5 aromatic rings. The van der Waals surface area contributed by atoms with Crippen molar-refractivity contribution < 1.29 is 22.7 Å². The van der Waals surface area contributed by atoms with Crippen molar-refractivity contribution in [3.63, 3.8) is 0 Å². The van der Waals surface area contributed by atoms with Gasteiger partial charge >= 0.3 is 6.18 Å². The fourth-order valence-corrected chi connectivity index (χ4v) is 5.52. The Kier molecular flexibility index (Phi) is 5.98. The fraction of sp³-hybridized carbons (Fsp3) is 0.194. The number of ether oxygens (including phenoxy) is 1. The summed E-state index contributed by atoms with van der Waals surface area (Å²) in [5, 5.41) is 1.69. The first-order chi connectivity index (χ1) is 18.8. The van der Waals surface area contributed by atoms with E-state index >= 15 is 0 Å². The van der Waals surface area contributed by atoms with Gasteiger partial charge in [-0.25, -0.2) is 0 Å². The number of benzene rings is 3. The van der Waals surface area contributed by atoms with Gasteiger partial charge in [-0.05, 0) is 77.2 Å². The van der Waals surface area contributed by atoms with E-state index in [-0.39, 0.29) is 18.5 Å². The van der Waals surface area contributed by atoms with E-state index in [1.54, 1.807) is 16.8 Å². The van der Waals surface area contributed by atoms with Crippen molar-refractivity contribution in [3.05, 3.63) is 105 Å². The van der Waals surface area contributed by atoms with Crippen LogP contribution in [0.5, 0.6) is 5.75 Å². The zero-order chi connectivity index (χ0) is 27.3. The van der Waals surface area contributed by atoms with Crippen LogP contribution in [0.4, 0.5) is 13.2 Å². The third kappa shape index (κ3) is 4.26. The molecule has 0 bridgehead atoms. The molecule has 0 amide bonds. The lowest BCUT2D eigenvalue weighted by atomic mass is 9.88. The number of alkyl halides is 3. The molecule has 0 saturated carbocycles. The molecule has 1 aliphatic rings. The van der Waals surface area contributed by atoms with Gasteiger partial charge in [0, 0.05) is 41.4 Å². The third-order valence-corrected chi connectivity index (χ3v) is 7.37. The maximum absolute atomic E-state index is 13.1. The summed E-state index contributed by atoms with van der Waals surface area (Å²) in [4.78, 5) is 29.5. The monoisotopic (exact) mass is 528 g/mol. The summed E-state index contributed by atoms with van der Waals surface area (Å²) in [7, 11) is 0. The summed E-state index contributed by atoms with van der Waals surface area (Å²) < 4.78 is 46.6. The summed E-state index contributed by atoms with van der Waals surface area (Å²) in [5.41, 5.74) is 5.35. The number of hydrogen-bond donors (Lipinski definition) is 0. The van der Waals surface area contributed by atoms with Crippen molar-refractivity contribution in [1.29, 1.82) is 0 Å². The second-order valence-electron chi connectivity index (χ2n) is 9.71. The van der Waals surface area contributed by atoms with E-state index in [1.165, 1.54) is 18.2 Å². The van der Waals surface area contributed by atoms with E-state index < -0.39 is 11.7 Å². The number of nitrogens with zero attached hydrogens (tertiary/aromatic N) is 2. The van der Waals surface area contributed by atoms with Crippen LogP contribution in [0.15, 0.2) is 71.7 Å². The van der Waals surface area contributed by atoms with Crippen molar-refractivity contribution in [2.24, 2.45) is 0 Å². The summed E-state index contributed by atoms with van der Waals surface area (Å²) in [6, 6.07) is 15.7. The lowest BCUT2D eigenvalue weighted by molar-refractivity contribution is -0.137. The van der Waals surface area contributed by atoms with Gasteiger partial charge in [-0.3, -0.25) is 9.78 Å². The molecule has 196 valence electrons. The summed E-state index contributed by atoms with van der Waals surface area (Å²) in [5.74, 6) is 0.760. The molecule has 5 nitrogen and oxygen atoms in total. The Morgan fingerprint density at radius 1 is 1.05 bits per heavy atom. The number of rotatable bonds is 5. The molecule has 1 aliphatic heterocycles. The number of pyridine rings is 2. The molecular formula is C31H23F3N2O3. The largest absolute Gasteiger partial charge is 0.493 e. The van der Waals surface area contributed by atoms with Crippen molar-refractivity contribution in [1.82, 2.24) is 9.55 Å². The first kappa shape index (κ1) is 24.9. The molecule has 0 spiro atoms. The smallest absolute Gasteiger partial charge is 0.416 e. The highest BCUT2D eigenvalue weighted by molar-refractivity contribution is 6.07. The van der Waals surface area contributed by atoms with E-state index in [1.807, 2.05) is 31.2 Å². The second kappa shape index (κ2) is 9.38. The molecule has 0 saturated heterocycles. The first-order valence-corrected chi connectivity index (χ1v) is 12.6. The molecule has 6 rings (SSSR count). The van der Waals surface area contributed by atoms with Crippen LogP contribution in [0, 0.1) is 6.92 Å². The number of carbonyl (C=O) groups is 1. The average Bonchev–Trinajstić information content (AvgIpc) is 2.92. The van der Waals surface area contributed by atoms with E-state index in [0.717, 1.165) is 74.7 Å². The van der Waals surface area contributed by atoms with Crippen LogP contribution in [0.3, 0.4) is 0 Å². The Morgan fingerprint density at radius 3 is 2.59 bits per heavy atom. The number of aromatic nitrogens is 2.